The first-order valence-corrected chi connectivity index (χ1v) is 4.36. The van der Waals surface area contributed by atoms with Crippen molar-refractivity contribution in [3.8, 4) is 5.75 Å². The van der Waals surface area contributed by atoms with Crippen LogP contribution < -0.4 is 5.73 Å². The van der Waals surface area contributed by atoms with Crippen LogP contribution in [0, 0.1) is 0 Å². The highest BCUT2D eigenvalue weighted by molar-refractivity contribution is 5.73. The Morgan fingerprint density at radius 1 is 1.43 bits per heavy atom. The summed E-state index contributed by atoms with van der Waals surface area (Å²) in [5.41, 5.74) is 6.06. The summed E-state index contributed by atoms with van der Waals surface area (Å²) in [5.74, 6) is -0.828. The third-order valence-corrected chi connectivity index (χ3v) is 2.03. The van der Waals surface area contributed by atoms with Crippen molar-refractivity contribution in [1.82, 2.24) is 0 Å². The van der Waals surface area contributed by atoms with E-state index < -0.39 is 12.0 Å². The molecule has 0 fully saturated rings. The zero-order valence-electron chi connectivity index (χ0n) is 7.68. The second-order valence-electron chi connectivity index (χ2n) is 3.11. The summed E-state index contributed by atoms with van der Waals surface area (Å²) < 4.78 is 0. The summed E-state index contributed by atoms with van der Waals surface area (Å²) >= 11 is 0. The first kappa shape index (κ1) is 10.5. The molecular formula is C10H13NO3. The number of carbonyl (C=O) groups is 1. The quantitative estimate of drug-likeness (QED) is 0.661. The minimum Gasteiger partial charge on any atom is -0.508 e. The van der Waals surface area contributed by atoms with E-state index in [1.54, 1.807) is 24.3 Å². The van der Waals surface area contributed by atoms with Crippen molar-refractivity contribution in [3.63, 3.8) is 0 Å². The van der Waals surface area contributed by atoms with E-state index in [0.717, 1.165) is 5.56 Å². The number of aryl methyl sites for hydroxylation is 1. The number of nitrogens with two attached hydrogens (primary N) is 1. The summed E-state index contributed by atoms with van der Waals surface area (Å²) in [6, 6.07) is 5.97. The smallest absolute Gasteiger partial charge is 0.320 e. The molecule has 4 heteroatoms. The molecule has 4 nitrogen and oxygen atoms in total. The van der Waals surface area contributed by atoms with Crippen LogP contribution in [0.1, 0.15) is 12.0 Å². The van der Waals surface area contributed by atoms with Gasteiger partial charge >= 0.3 is 5.97 Å². The molecule has 0 aliphatic carbocycles. The van der Waals surface area contributed by atoms with E-state index in [0.29, 0.717) is 12.8 Å². The molecule has 0 amide bonds. The Labute approximate surface area is 82.0 Å². The number of rotatable bonds is 4. The summed E-state index contributed by atoms with van der Waals surface area (Å²) in [4.78, 5) is 10.4. The van der Waals surface area contributed by atoms with Crippen molar-refractivity contribution in [1.29, 1.82) is 0 Å². The molecule has 0 saturated heterocycles. The third-order valence-electron chi connectivity index (χ3n) is 2.03. The number of phenolic OH excluding ortho intramolecular Hbond substituents is 1. The monoisotopic (exact) mass is 195 g/mol. The lowest BCUT2D eigenvalue weighted by atomic mass is 10.1. The summed E-state index contributed by atoms with van der Waals surface area (Å²) in [7, 11) is 0. The van der Waals surface area contributed by atoms with E-state index in [4.69, 9.17) is 10.8 Å². The van der Waals surface area contributed by atoms with Crippen molar-refractivity contribution < 1.29 is 15.0 Å². The van der Waals surface area contributed by atoms with Gasteiger partial charge < -0.3 is 15.9 Å². The van der Waals surface area contributed by atoms with Gasteiger partial charge in [-0.2, -0.15) is 0 Å². The van der Waals surface area contributed by atoms with E-state index in [9.17, 15) is 9.90 Å². The average molecular weight is 195 g/mol. The van der Waals surface area contributed by atoms with Gasteiger partial charge in [0.2, 0.25) is 0 Å². The van der Waals surface area contributed by atoms with Gasteiger partial charge in [-0.3, -0.25) is 4.79 Å². The normalized spacial score (nSPS) is 12.4. The lowest BCUT2D eigenvalue weighted by Crippen LogP contribution is -2.30. The molecule has 76 valence electrons. The second-order valence-corrected chi connectivity index (χ2v) is 3.11. The van der Waals surface area contributed by atoms with E-state index in [1.165, 1.54) is 0 Å². The molecule has 1 unspecified atom stereocenters. The van der Waals surface area contributed by atoms with Gasteiger partial charge in [0, 0.05) is 0 Å². The molecular weight excluding hydrogens is 182 g/mol. The zero-order chi connectivity index (χ0) is 10.6. The maximum Gasteiger partial charge on any atom is 0.320 e. The highest BCUT2D eigenvalue weighted by Gasteiger charge is 2.11. The maximum absolute atomic E-state index is 10.4. The lowest BCUT2D eigenvalue weighted by Gasteiger charge is -2.07. The van der Waals surface area contributed by atoms with Gasteiger partial charge in [0.1, 0.15) is 11.8 Å². The van der Waals surface area contributed by atoms with Crippen LogP contribution in [0.3, 0.4) is 0 Å². The van der Waals surface area contributed by atoms with E-state index in [1.807, 2.05) is 0 Å². The van der Waals surface area contributed by atoms with Gasteiger partial charge in [-0.1, -0.05) is 18.2 Å². The predicted molar refractivity (Wildman–Crippen MR) is 52.0 cm³/mol. The molecule has 1 aromatic rings. The van der Waals surface area contributed by atoms with Gasteiger partial charge in [-0.25, -0.2) is 0 Å². The Balaban J connectivity index is 2.54. The number of phenols is 1. The van der Waals surface area contributed by atoms with Crippen molar-refractivity contribution >= 4 is 5.97 Å². The predicted octanol–water partition coefficient (Wildman–Crippen LogP) is 0.737. The van der Waals surface area contributed by atoms with Crippen LogP contribution in [0.25, 0.3) is 0 Å². The van der Waals surface area contributed by atoms with Crippen molar-refractivity contribution in [2.45, 2.75) is 18.9 Å². The molecule has 0 heterocycles. The van der Waals surface area contributed by atoms with Crippen molar-refractivity contribution in [2.24, 2.45) is 5.73 Å². The van der Waals surface area contributed by atoms with Crippen molar-refractivity contribution in [3.05, 3.63) is 29.8 Å². The third kappa shape index (κ3) is 2.74. The maximum atomic E-state index is 10.4. The molecule has 0 saturated carbocycles. The lowest BCUT2D eigenvalue weighted by molar-refractivity contribution is -0.138. The molecule has 1 rings (SSSR count). The van der Waals surface area contributed by atoms with Crippen LogP contribution in [-0.4, -0.2) is 22.2 Å². The fourth-order valence-corrected chi connectivity index (χ4v) is 1.16. The van der Waals surface area contributed by atoms with Crippen LogP contribution >= 0.6 is 0 Å². The largest absolute Gasteiger partial charge is 0.508 e. The Hall–Kier alpha value is -1.55. The van der Waals surface area contributed by atoms with Crippen LogP contribution in [0.15, 0.2) is 24.3 Å². The summed E-state index contributed by atoms with van der Waals surface area (Å²) in [6.07, 6.45) is 0.799. The number of carboxylic acids is 1. The van der Waals surface area contributed by atoms with Crippen LogP contribution in [-0.2, 0) is 11.2 Å². The molecule has 1 aromatic carbocycles. The summed E-state index contributed by atoms with van der Waals surface area (Å²) in [6.45, 7) is 0. The minimum atomic E-state index is -1.01. The Kier molecular flexibility index (Phi) is 3.48. The Bertz CT molecular complexity index is 325. The number of hydrogen-bond acceptors (Lipinski definition) is 3. The average Bonchev–Trinajstić information content (AvgIpc) is 2.16. The molecule has 0 bridgehead atoms. The van der Waals surface area contributed by atoms with E-state index in [-0.39, 0.29) is 5.75 Å². The van der Waals surface area contributed by atoms with E-state index in [2.05, 4.69) is 0 Å². The van der Waals surface area contributed by atoms with Gasteiger partial charge in [0.25, 0.3) is 0 Å². The number of para-hydroxylation sites is 1. The SMILES string of the molecule is NC(CCc1ccccc1O)C(=O)O. The highest BCUT2D eigenvalue weighted by atomic mass is 16.4. The molecule has 0 aliphatic rings. The number of aliphatic carboxylic acids is 1. The van der Waals surface area contributed by atoms with Gasteiger partial charge in [-0.05, 0) is 24.5 Å². The fourth-order valence-electron chi connectivity index (χ4n) is 1.16. The molecule has 4 N–H and O–H groups in total. The minimum absolute atomic E-state index is 0.185. The van der Waals surface area contributed by atoms with Crippen LogP contribution in [0.5, 0.6) is 5.75 Å². The first-order valence-electron chi connectivity index (χ1n) is 4.36. The van der Waals surface area contributed by atoms with Crippen LogP contribution in [0.4, 0.5) is 0 Å². The molecule has 0 radical (unpaired) electrons. The van der Waals surface area contributed by atoms with Gasteiger partial charge in [0.15, 0.2) is 0 Å². The van der Waals surface area contributed by atoms with E-state index >= 15 is 0 Å². The first-order chi connectivity index (χ1) is 6.61. The van der Waals surface area contributed by atoms with Gasteiger partial charge in [-0.15, -0.1) is 0 Å². The van der Waals surface area contributed by atoms with Crippen molar-refractivity contribution in [2.75, 3.05) is 0 Å². The second kappa shape index (κ2) is 4.62. The zero-order valence-corrected chi connectivity index (χ0v) is 7.68. The molecule has 14 heavy (non-hydrogen) atoms. The number of aromatic hydroxyl groups is 1. The Morgan fingerprint density at radius 2 is 2.07 bits per heavy atom. The van der Waals surface area contributed by atoms with Crippen LogP contribution in [0.2, 0.25) is 0 Å². The number of carboxylic acid groups (broad SMARTS) is 1. The highest BCUT2D eigenvalue weighted by Crippen LogP contribution is 2.17. The van der Waals surface area contributed by atoms with Gasteiger partial charge in [0.05, 0.1) is 0 Å². The standard InChI is InChI=1S/C10H13NO3/c11-8(10(13)14)6-5-7-3-1-2-4-9(7)12/h1-4,8,12H,5-6,11H2,(H,13,14). The number of benzene rings is 1. The topological polar surface area (TPSA) is 83.5 Å². The fraction of sp³-hybridized carbons (Fsp3) is 0.300. The molecule has 0 spiro atoms. The summed E-state index contributed by atoms with van der Waals surface area (Å²) in [5, 5.41) is 17.9. The molecule has 0 aromatic heterocycles. The number of hydrogen-bond donors (Lipinski definition) is 3. The molecule has 0 aliphatic heterocycles. The molecule has 1 atom stereocenters. The Morgan fingerprint density at radius 3 is 2.64 bits per heavy atom.